The molecule has 1 amide bonds. The number of hydrogen-bond acceptors (Lipinski definition) is 3. The smallest absolute Gasteiger partial charge is 0.244 e. The van der Waals surface area contributed by atoms with Crippen LogP contribution in [0.5, 0.6) is 5.75 Å². The summed E-state index contributed by atoms with van der Waals surface area (Å²) in [6.45, 7) is 5.47. The van der Waals surface area contributed by atoms with Crippen LogP contribution in [0, 0.1) is 0 Å². The molecule has 3 N–H and O–H groups in total. The van der Waals surface area contributed by atoms with Gasteiger partial charge in [0, 0.05) is 11.8 Å². The molecule has 86 valence electrons. The van der Waals surface area contributed by atoms with Crippen molar-refractivity contribution in [2.24, 2.45) is 5.73 Å². The van der Waals surface area contributed by atoms with Crippen LogP contribution in [0.4, 0.5) is 5.69 Å². The Hall–Kier alpha value is -1.97. The number of methoxy groups -OCH3 is 1. The van der Waals surface area contributed by atoms with Gasteiger partial charge in [0.25, 0.3) is 0 Å². The molecule has 0 saturated heterocycles. The Morgan fingerprint density at radius 2 is 2.25 bits per heavy atom. The first-order valence-corrected chi connectivity index (χ1v) is 4.90. The van der Waals surface area contributed by atoms with Gasteiger partial charge in [-0.2, -0.15) is 0 Å². The maximum Gasteiger partial charge on any atom is 0.244 e. The largest absolute Gasteiger partial charge is 0.497 e. The highest BCUT2D eigenvalue weighted by Gasteiger charge is 2.15. The fourth-order valence-corrected chi connectivity index (χ4v) is 1.32. The molecule has 0 aliphatic rings. The number of nitrogens with one attached hydrogen (secondary N) is 1. The van der Waals surface area contributed by atoms with Crippen LogP contribution in [0.1, 0.15) is 6.92 Å². The summed E-state index contributed by atoms with van der Waals surface area (Å²) in [4.78, 5) is 11.2. The first-order valence-electron chi connectivity index (χ1n) is 4.90. The van der Waals surface area contributed by atoms with Gasteiger partial charge in [-0.1, -0.05) is 12.6 Å². The van der Waals surface area contributed by atoms with Gasteiger partial charge < -0.3 is 15.8 Å². The van der Waals surface area contributed by atoms with Crippen molar-refractivity contribution in [2.45, 2.75) is 13.0 Å². The minimum absolute atomic E-state index is 0.449. The van der Waals surface area contributed by atoms with Gasteiger partial charge in [0.15, 0.2) is 0 Å². The SMILES string of the molecule is C=C(C)C(Nc1cccc(OC)c1)C(N)=O. The molecular formula is C12H16N2O2. The molecule has 0 aromatic heterocycles. The molecule has 1 aromatic rings. The van der Waals surface area contributed by atoms with E-state index < -0.39 is 11.9 Å². The van der Waals surface area contributed by atoms with Crippen molar-refractivity contribution in [1.29, 1.82) is 0 Å². The highest BCUT2D eigenvalue weighted by Crippen LogP contribution is 2.18. The molecule has 0 aliphatic carbocycles. The summed E-state index contributed by atoms with van der Waals surface area (Å²) in [5, 5.41) is 3.00. The van der Waals surface area contributed by atoms with Crippen LogP contribution < -0.4 is 15.8 Å². The van der Waals surface area contributed by atoms with E-state index in [4.69, 9.17) is 10.5 Å². The second kappa shape index (κ2) is 5.21. The normalized spacial score (nSPS) is 11.6. The zero-order valence-corrected chi connectivity index (χ0v) is 9.49. The molecule has 1 atom stereocenters. The molecule has 0 saturated carbocycles. The zero-order chi connectivity index (χ0) is 12.1. The average molecular weight is 220 g/mol. The molecule has 0 aliphatic heterocycles. The third kappa shape index (κ3) is 3.02. The van der Waals surface area contributed by atoms with Gasteiger partial charge in [-0.3, -0.25) is 4.79 Å². The minimum atomic E-state index is -0.563. The molecule has 0 fully saturated rings. The van der Waals surface area contributed by atoms with Gasteiger partial charge in [-0.25, -0.2) is 0 Å². The van der Waals surface area contributed by atoms with Crippen LogP contribution >= 0.6 is 0 Å². The molecule has 1 aromatic carbocycles. The molecule has 0 heterocycles. The Morgan fingerprint density at radius 1 is 1.56 bits per heavy atom. The summed E-state index contributed by atoms with van der Waals surface area (Å²) in [6, 6.07) is 6.72. The topological polar surface area (TPSA) is 64.3 Å². The Balaban J connectivity index is 2.85. The highest BCUT2D eigenvalue weighted by molar-refractivity contribution is 5.86. The molecule has 1 unspecified atom stereocenters. The summed E-state index contributed by atoms with van der Waals surface area (Å²) in [6.07, 6.45) is 0. The lowest BCUT2D eigenvalue weighted by molar-refractivity contribution is -0.118. The van der Waals surface area contributed by atoms with Crippen molar-refractivity contribution < 1.29 is 9.53 Å². The second-order valence-electron chi connectivity index (χ2n) is 3.56. The van der Waals surface area contributed by atoms with E-state index >= 15 is 0 Å². The summed E-state index contributed by atoms with van der Waals surface area (Å²) in [7, 11) is 1.59. The fourth-order valence-electron chi connectivity index (χ4n) is 1.32. The maximum absolute atomic E-state index is 11.2. The number of amides is 1. The van der Waals surface area contributed by atoms with E-state index in [0.29, 0.717) is 5.57 Å². The lowest BCUT2D eigenvalue weighted by atomic mass is 10.1. The van der Waals surface area contributed by atoms with E-state index in [1.807, 2.05) is 18.2 Å². The van der Waals surface area contributed by atoms with E-state index in [1.165, 1.54) is 0 Å². The lowest BCUT2D eigenvalue weighted by Gasteiger charge is -2.17. The van der Waals surface area contributed by atoms with Crippen molar-refractivity contribution in [1.82, 2.24) is 0 Å². The van der Waals surface area contributed by atoms with Crippen molar-refractivity contribution in [3.63, 3.8) is 0 Å². The van der Waals surface area contributed by atoms with Crippen LogP contribution in [-0.4, -0.2) is 19.1 Å². The molecule has 4 nitrogen and oxygen atoms in total. The highest BCUT2D eigenvalue weighted by atomic mass is 16.5. The Morgan fingerprint density at radius 3 is 2.75 bits per heavy atom. The van der Waals surface area contributed by atoms with Crippen LogP contribution in [0.3, 0.4) is 0 Å². The van der Waals surface area contributed by atoms with Crippen LogP contribution in [0.2, 0.25) is 0 Å². The Kier molecular flexibility index (Phi) is 3.94. The molecule has 4 heteroatoms. The summed E-state index contributed by atoms with van der Waals surface area (Å²) in [5.41, 5.74) is 6.71. The number of carbonyl (C=O) groups is 1. The van der Waals surface area contributed by atoms with E-state index in [9.17, 15) is 4.79 Å². The fraction of sp³-hybridized carbons (Fsp3) is 0.250. The molecule has 1 rings (SSSR count). The average Bonchev–Trinajstić information content (AvgIpc) is 2.25. The van der Waals surface area contributed by atoms with Crippen molar-refractivity contribution in [2.75, 3.05) is 12.4 Å². The van der Waals surface area contributed by atoms with E-state index in [0.717, 1.165) is 11.4 Å². The maximum atomic E-state index is 11.2. The number of benzene rings is 1. The molecule has 0 radical (unpaired) electrons. The molecular weight excluding hydrogens is 204 g/mol. The number of hydrogen-bond donors (Lipinski definition) is 2. The van der Waals surface area contributed by atoms with Gasteiger partial charge in [-0.15, -0.1) is 0 Å². The summed E-state index contributed by atoms with van der Waals surface area (Å²) in [5.74, 6) is 0.269. The molecule has 0 spiro atoms. The number of ether oxygens (including phenoxy) is 1. The molecule has 16 heavy (non-hydrogen) atoms. The van der Waals surface area contributed by atoms with Gasteiger partial charge >= 0.3 is 0 Å². The van der Waals surface area contributed by atoms with Crippen LogP contribution in [0.15, 0.2) is 36.4 Å². The van der Waals surface area contributed by atoms with Gasteiger partial charge in [0.1, 0.15) is 11.8 Å². The summed E-state index contributed by atoms with van der Waals surface area (Å²) < 4.78 is 5.08. The molecule has 0 bridgehead atoms. The second-order valence-corrected chi connectivity index (χ2v) is 3.56. The van der Waals surface area contributed by atoms with Crippen molar-refractivity contribution in [3.05, 3.63) is 36.4 Å². The standard InChI is InChI=1S/C12H16N2O2/c1-8(2)11(12(13)15)14-9-5-4-6-10(7-9)16-3/h4-7,11,14H,1H2,2-3H3,(H2,13,15). The van der Waals surface area contributed by atoms with Crippen LogP contribution in [0.25, 0.3) is 0 Å². The zero-order valence-electron chi connectivity index (χ0n) is 9.49. The Labute approximate surface area is 95.1 Å². The first-order chi connectivity index (χ1) is 7.54. The van der Waals surface area contributed by atoms with Crippen molar-refractivity contribution in [3.8, 4) is 5.75 Å². The third-order valence-corrected chi connectivity index (χ3v) is 2.16. The number of nitrogens with two attached hydrogens (primary N) is 1. The Bertz CT molecular complexity index is 388. The van der Waals surface area contributed by atoms with E-state index in [-0.39, 0.29) is 0 Å². The number of rotatable bonds is 5. The van der Waals surface area contributed by atoms with Crippen molar-refractivity contribution >= 4 is 11.6 Å². The predicted molar refractivity (Wildman–Crippen MR) is 64.4 cm³/mol. The van der Waals surface area contributed by atoms with E-state index in [1.54, 1.807) is 20.1 Å². The minimum Gasteiger partial charge on any atom is -0.497 e. The van der Waals surface area contributed by atoms with Gasteiger partial charge in [0.2, 0.25) is 5.91 Å². The predicted octanol–water partition coefficient (Wildman–Crippen LogP) is 1.54. The first kappa shape index (κ1) is 12.1. The van der Waals surface area contributed by atoms with Gasteiger partial charge in [0.05, 0.1) is 7.11 Å². The number of anilines is 1. The third-order valence-electron chi connectivity index (χ3n) is 2.16. The van der Waals surface area contributed by atoms with Gasteiger partial charge in [-0.05, 0) is 24.6 Å². The quantitative estimate of drug-likeness (QED) is 0.740. The van der Waals surface area contributed by atoms with Crippen LogP contribution in [-0.2, 0) is 4.79 Å². The number of primary amides is 1. The monoisotopic (exact) mass is 220 g/mol. The lowest BCUT2D eigenvalue weighted by Crippen LogP contribution is -2.36. The summed E-state index contributed by atoms with van der Waals surface area (Å²) >= 11 is 0. The van der Waals surface area contributed by atoms with E-state index in [2.05, 4.69) is 11.9 Å². The number of carbonyl (C=O) groups excluding carboxylic acids is 1.